The van der Waals surface area contributed by atoms with Crippen molar-refractivity contribution < 1.29 is 9.90 Å². The first kappa shape index (κ1) is 19.6. The number of carbonyl (C=O) groups is 1. The van der Waals surface area contributed by atoms with E-state index < -0.39 is 11.6 Å². The molecule has 0 aromatic carbocycles. The van der Waals surface area contributed by atoms with E-state index in [1.54, 1.807) is 20.9 Å². The van der Waals surface area contributed by atoms with E-state index in [4.69, 9.17) is 0 Å². The van der Waals surface area contributed by atoms with E-state index in [9.17, 15) is 9.90 Å². The van der Waals surface area contributed by atoms with Crippen LogP contribution in [0.25, 0.3) is 0 Å². The van der Waals surface area contributed by atoms with Crippen molar-refractivity contribution in [2.24, 2.45) is 5.92 Å². The maximum Gasteiger partial charge on any atom is 0.155 e. The molecule has 0 rings (SSSR count). The fourth-order valence-corrected chi connectivity index (χ4v) is 2.78. The minimum Gasteiger partial charge on any atom is -0.388 e. The largest absolute Gasteiger partial charge is 0.388 e. The van der Waals surface area contributed by atoms with Crippen molar-refractivity contribution in [1.29, 1.82) is 0 Å². The molecule has 2 atom stereocenters. The van der Waals surface area contributed by atoms with Crippen LogP contribution in [0.3, 0.4) is 0 Å². The SMILES string of the molecule is CCCCCCC(CCCC)C(=O)[C@@H](NC)C(C)(C)O. The third-order valence-electron chi connectivity index (χ3n) is 3.99. The van der Waals surface area contributed by atoms with Crippen molar-refractivity contribution in [2.45, 2.75) is 90.7 Å². The van der Waals surface area contributed by atoms with Crippen molar-refractivity contribution in [3.8, 4) is 0 Å². The molecule has 0 aliphatic heterocycles. The van der Waals surface area contributed by atoms with E-state index in [2.05, 4.69) is 19.2 Å². The van der Waals surface area contributed by atoms with E-state index in [-0.39, 0.29) is 11.7 Å². The highest BCUT2D eigenvalue weighted by molar-refractivity contribution is 5.87. The predicted molar refractivity (Wildman–Crippen MR) is 85.9 cm³/mol. The van der Waals surface area contributed by atoms with Gasteiger partial charge in [0.05, 0.1) is 11.6 Å². The molecule has 0 aliphatic carbocycles. The van der Waals surface area contributed by atoms with Crippen molar-refractivity contribution in [3.05, 3.63) is 0 Å². The summed E-state index contributed by atoms with van der Waals surface area (Å²) < 4.78 is 0. The molecule has 0 saturated heterocycles. The molecule has 20 heavy (non-hydrogen) atoms. The summed E-state index contributed by atoms with van der Waals surface area (Å²) in [7, 11) is 1.76. The Hall–Kier alpha value is -0.410. The van der Waals surface area contributed by atoms with Crippen LogP contribution < -0.4 is 5.32 Å². The van der Waals surface area contributed by atoms with Crippen LogP contribution in [0.5, 0.6) is 0 Å². The first-order valence-electron chi connectivity index (χ1n) is 8.31. The Morgan fingerprint density at radius 2 is 1.60 bits per heavy atom. The number of hydrogen-bond acceptors (Lipinski definition) is 3. The molecule has 0 radical (unpaired) electrons. The van der Waals surface area contributed by atoms with Crippen LogP contribution in [0.15, 0.2) is 0 Å². The van der Waals surface area contributed by atoms with E-state index >= 15 is 0 Å². The summed E-state index contributed by atoms with van der Waals surface area (Å²) in [6.07, 6.45) is 8.92. The lowest BCUT2D eigenvalue weighted by Crippen LogP contribution is -2.52. The molecule has 3 nitrogen and oxygen atoms in total. The molecule has 120 valence electrons. The summed E-state index contributed by atoms with van der Waals surface area (Å²) in [6, 6.07) is -0.462. The first-order chi connectivity index (χ1) is 9.38. The summed E-state index contributed by atoms with van der Waals surface area (Å²) in [5.41, 5.74) is -1.00. The van der Waals surface area contributed by atoms with Gasteiger partial charge in [-0.15, -0.1) is 0 Å². The zero-order valence-electron chi connectivity index (χ0n) is 14.2. The third kappa shape index (κ3) is 7.39. The number of Topliss-reactive ketones (excluding diaryl/α,β-unsaturated/α-hetero) is 1. The van der Waals surface area contributed by atoms with E-state index in [0.29, 0.717) is 0 Å². The number of unbranched alkanes of at least 4 members (excludes halogenated alkanes) is 4. The summed E-state index contributed by atoms with van der Waals surface area (Å²) >= 11 is 0. The molecule has 2 N–H and O–H groups in total. The molecule has 1 unspecified atom stereocenters. The van der Waals surface area contributed by atoms with Crippen molar-refractivity contribution in [2.75, 3.05) is 7.05 Å². The van der Waals surface area contributed by atoms with E-state index in [1.807, 2.05) is 0 Å². The van der Waals surface area contributed by atoms with Crippen LogP contribution in [0.1, 0.15) is 79.1 Å². The zero-order chi connectivity index (χ0) is 15.6. The van der Waals surface area contributed by atoms with Crippen LogP contribution in [-0.4, -0.2) is 29.6 Å². The van der Waals surface area contributed by atoms with Gasteiger partial charge in [0, 0.05) is 5.92 Å². The molecule has 0 heterocycles. The molecule has 0 amide bonds. The van der Waals surface area contributed by atoms with E-state index in [0.717, 1.165) is 32.1 Å². The van der Waals surface area contributed by atoms with Gasteiger partial charge in [0.2, 0.25) is 0 Å². The molecule has 0 saturated carbocycles. The second-order valence-electron chi connectivity index (χ2n) is 6.47. The Balaban J connectivity index is 4.60. The second kappa shape index (κ2) is 10.3. The van der Waals surface area contributed by atoms with Gasteiger partial charge in [-0.3, -0.25) is 4.79 Å². The molecule has 0 bridgehead atoms. The van der Waals surface area contributed by atoms with Gasteiger partial charge in [0.25, 0.3) is 0 Å². The topological polar surface area (TPSA) is 49.3 Å². The Kier molecular flexibility index (Phi) is 10.1. The highest BCUT2D eigenvalue weighted by atomic mass is 16.3. The molecule has 0 fully saturated rings. The summed E-state index contributed by atoms with van der Waals surface area (Å²) in [5, 5.41) is 13.1. The molecular weight excluding hydrogens is 250 g/mol. The number of carbonyl (C=O) groups excluding carboxylic acids is 1. The van der Waals surface area contributed by atoms with Crippen molar-refractivity contribution in [1.82, 2.24) is 5.32 Å². The van der Waals surface area contributed by atoms with Crippen LogP contribution in [-0.2, 0) is 4.79 Å². The van der Waals surface area contributed by atoms with Crippen LogP contribution in [0.2, 0.25) is 0 Å². The Morgan fingerprint density at radius 3 is 2.05 bits per heavy atom. The molecule has 0 aromatic heterocycles. The maximum atomic E-state index is 12.7. The van der Waals surface area contributed by atoms with Crippen LogP contribution >= 0.6 is 0 Å². The quantitative estimate of drug-likeness (QED) is 0.538. The van der Waals surface area contributed by atoms with Gasteiger partial charge >= 0.3 is 0 Å². The maximum absolute atomic E-state index is 12.7. The predicted octanol–water partition coefficient (Wildman–Crippen LogP) is 3.69. The molecule has 0 aromatic rings. The molecule has 0 aliphatic rings. The van der Waals surface area contributed by atoms with E-state index in [1.165, 1.54) is 19.3 Å². The lowest BCUT2D eigenvalue weighted by Gasteiger charge is -2.31. The number of nitrogens with one attached hydrogen (secondary N) is 1. The molecule has 0 spiro atoms. The zero-order valence-corrected chi connectivity index (χ0v) is 14.2. The van der Waals surface area contributed by atoms with Crippen molar-refractivity contribution in [3.63, 3.8) is 0 Å². The number of ketones is 1. The van der Waals surface area contributed by atoms with Gasteiger partial charge in [0.15, 0.2) is 5.78 Å². The van der Waals surface area contributed by atoms with Crippen molar-refractivity contribution >= 4 is 5.78 Å². The average molecular weight is 285 g/mol. The Morgan fingerprint density at radius 1 is 1.05 bits per heavy atom. The monoisotopic (exact) mass is 285 g/mol. The number of rotatable bonds is 12. The normalized spacial score (nSPS) is 15.1. The van der Waals surface area contributed by atoms with Crippen LogP contribution in [0.4, 0.5) is 0 Å². The highest BCUT2D eigenvalue weighted by Gasteiger charge is 2.35. The van der Waals surface area contributed by atoms with Gasteiger partial charge in [-0.25, -0.2) is 0 Å². The van der Waals surface area contributed by atoms with Gasteiger partial charge in [0.1, 0.15) is 0 Å². The van der Waals surface area contributed by atoms with Gasteiger partial charge in [-0.1, -0.05) is 52.4 Å². The second-order valence-corrected chi connectivity index (χ2v) is 6.47. The number of hydrogen-bond donors (Lipinski definition) is 2. The summed E-state index contributed by atoms with van der Waals surface area (Å²) in [4.78, 5) is 12.7. The minimum absolute atomic E-state index is 0.0932. The van der Waals surface area contributed by atoms with Gasteiger partial charge in [-0.2, -0.15) is 0 Å². The first-order valence-corrected chi connectivity index (χ1v) is 8.31. The number of aliphatic hydroxyl groups is 1. The standard InChI is InChI=1S/C17H35NO2/c1-6-8-10-11-13-14(12-9-7-2)15(19)16(18-5)17(3,4)20/h14,16,18,20H,6-13H2,1-5H3/t14?,16-/m1/s1. The average Bonchev–Trinajstić information content (AvgIpc) is 2.37. The fourth-order valence-electron chi connectivity index (χ4n) is 2.78. The van der Waals surface area contributed by atoms with Crippen LogP contribution in [0, 0.1) is 5.92 Å². The summed E-state index contributed by atoms with van der Waals surface area (Å²) in [6.45, 7) is 7.77. The molecule has 3 heteroatoms. The number of likely N-dealkylation sites (N-methyl/N-ethyl adjacent to an activating group) is 1. The minimum atomic E-state index is -1.00. The Bertz CT molecular complexity index is 258. The highest BCUT2D eigenvalue weighted by Crippen LogP contribution is 2.23. The van der Waals surface area contributed by atoms with Gasteiger partial charge in [-0.05, 0) is 33.7 Å². The molecular formula is C17H35NO2. The van der Waals surface area contributed by atoms with Gasteiger partial charge < -0.3 is 10.4 Å². The summed E-state index contributed by atoms with van der Waals surface area (Å²) in [5.74, 6) is 0.278. The lowest BCUT2D eigenvalue weighted by molar-refractivity contribution is -0.130. The fraction of sp³-hybridized carbons (Fsp3) is 0.941. The third-order valence-corrected chi connectivity index (χ3v) is 3.99. The Labute approximate surface area is 125 Å². The smallest absolute Gasteiger partial charge is 0.155 e. The lowest BCUT2D eigenvalue weighted by atomic mass is 9.83.